The highest BCUT2D eigenvalue weighted by molar-refractivity contribution is 6.90. The van der Waals surface area contributed by atoms with E-state index in [1.54, 1.807) is 0 Å². The zero-order valence-corrected chi connectivity index (χ0v) is 26.8. The summed E-state index contributed by atoms with van der Waals surface area (Å²) in [4.78, 5) is 0. The fourth-order valence-electron chi connectivity index (χ4n) is 3.97. The predicted molar refractivity (Wildman–Crippen MR) is 147 cm³/mol. The van der Waals surface area contributed by atoms with E-state index >= 15 is 0 Å². The molecule has 0 amide bonds. The van der Waals surface area contributed by atoms with E-state index in [2.05, 4.69) is 67.0 Å². The van der Waals surface area contributed by atoms with Gasteiger partial charge in [-0.1, -0.05) is 59.3 Å². The van der Waals surface area contributed by atoms with Crippen molar-refractivity contribution in [3.05, 3.63) is 0 Å². The van der Waals surface area contributed by atoms with Crippen molar-refractivity contribution in [1.29, 1.82) is 0 Å². The minimum Gasteiger partial charge on any atom is -0.417 e. The molecule has 0 aliphatic rings. The molecule has 0 heterocycles. The van der Waals surface area contributed by atoms with Crippen LogP contribution in [-0.4, -0.2) is 47.0 Å². The summed E-state index contributed by atoms with van der Waals surface area (Å²) in [6, 6.07) is 4.46. The summed E-state index contributed by atoms with van der Waals surface area (Å²) in [6.45, 7) is 24.7. The van der Waals surface area contributed by atoms with Crippen LogP contribution in [-0.2, 0) is 17.1 Å². The Labute approximate surface area is 199 Å². The van der Waals surface area contributed by atoms with E-state index in [4.69, 9.17) is 17.1 Å². The average Bonchev–Trinajstić information content (AvgIpc) is 2.65. The second-order valence-corrected chi connectivity index (χ2v) is 27.3. The van der Waals surface area contributed by atoms with Crippen LogP contribution in [0.1, 0.15) is 72.6 Å². The Morgan fingerprint density at radius 2 is 0.839 bits per heavy atom. The van der Waals surface area contributed by atoms with Crippen LogP contribution in [0.15, 0.2) is 0 Å². The van der Waals surface area contributed by atoms with Crippen molar-refractivity contribution in [3.8, 4) is 0 Å². The van der Waals surface area contributed by atoms with Gasteiger partial charge in [-0.2, -0.15) is 0 Å². The van der Waals surface area contributed by atoms with Crippen LogP contribution in [0.2, 0.25) is 63.5 Å². The summed E-state index contributed by atoms with van der Waals surface area (Å²) in [6.07, 6.45) is 8.31. The van der Waals surface area contributed by atoms with E-state index < -0.39 is 33.8 Å². The molecule has 0 aromatic carbocycles. The van der Waals surface area contributed by atoms with Gasteiger partial charge < -0.3 is 17.1 Å². The first-order valence-corrected chi connectivity index (χ1v) is 24.3. The molecular weight excluding hydrogens is 453 g/mol. The standard InChI is InChI=1S/C23H56O4Si4/c1-11-15-20-28(5,6)25-31(23-18-19-24-14-4,26-29(7,8)21-16-12-2)27-30(9,10)22-17-13-3/h11-23H2,1-10H3. The van der Waals surface area contributed by atoms with Crippen LogP contribution in [0.5, 0.6) is 0 Å². The first-order chi connectivity index (χ1) is 14.4. The molecular formula is C23H56O4Si4. The molecule has 0 radical (unpaired) electrons. The number of unbranched alkanes of at least 4 members (excludes halogenated alkanes) is 3. The molecule has 0 saturated carbocycles. The number of rotatable bonds is 20. The lowest BCUT2D eigenvalue weighted by molar-refractivity contribution is 0.143. The average molecular weight is 509 g/mol. The zero-order chi connectivity index (χ0) is 24.0. The highest BCUT2D eigenvalue weighted by atomic mass is 28.5. The highest BCUT2D eigenvalue weighted by Gasteiger charge is 2.51. The monoisotopic (exact) mass is 508 g/mol. The Kier molecular flexibility index (Phi) is 15.9. The minimum absolute atomic E-state index is 0.765. The second-order valence-electron chi connectivity index (χ2n) is 10.9. The van der Waals surface area contributed by atoms with E-state index in [9.17, 15) is 0 Å². The summed E-state index contributed by atoms with van der Waals surface area (Å²) in [5.41, 5.74) is 0. The van der Waals surface area contributed by atoms with Crippen LogP contribution in [0.25, 0.3) is 0 Å². The minimum atomic E-state index is -2.80. The zero-order valence-electron chi connectivity index (χ0n) is 22.8. The smallest absolute Gasteiger partial charge is 0.417 e. The number of hydrogen-bond donors (Lipinski definition) is 0. The third kappa shape index (κ3) is 15.3. The van der Waals surface area contributed by atoms with Gasteiger partial charge in [0.15, 0.2) is 25.0 Å². The molecule has 188 valence electrons. The maximum absolute atomic E-state index is 7.19. The van der Waals surface area contributed by atoms with Crippen LogP contribution < -0.4 is 0 Å². The normalized spacial score (nSPS) is 13.7. The molecule has 0 unspecified atom stereocenters. The molecule has 0 bridgehead atoms. The lowest BCUT2D eigenvalue weighted by atomic mass is 10.4. The van der Waals surface area contributed by atoms with Crippen molar-refractivity contribution in [2.24, 2.45) is 0 Å². The first kappa shape index (κ1) is 31.7. The Bertz CT molecular complexity index is 404. The van der Waals surface area contributed by atoms with Gasteiger partial charge >= 0.3 is 8.80 Å². The van der Waals surface area contributed by atoms with Gasteiger partial charge in [0, 0.05) is 19.3 Å². The molecule has 4 nitrogen and oxygen atoms in total. The van der Waals surface area contributed by atoms with Gasteiger partial charge in [0.1, 0.15) is 0 Å². The lowest BCUT2D eigenvalue weighted by Gasteiger charge is -2.45. The van der Waals surface area contributed by atoms with Gasteiger partial charge in [-0.05, 0) is 70.8 Å². The van der Waals surface area contributed by atoms with Crippen LogP contribution >= 0.6 is 0 Å². The highest BCUT2D eigenvalue weighted by Crippen LogP contribution is 2.34. The fraction of sp³-hybridized carbons (Fsp3) is 1.00. The maximum atomic E-state index is 7.19. The Hall–Kier alpha value is 0.708. The molecule has 0 saturated heterocycles. The van der Waals surface area contributed by atoms with Crippen molar-refractivity contribution in [1.82, 2.24) is 0 Å². The van der Waals surface area contributed by atoms with Gasteiger partial charge in [-0.3, -0.25) is 0 Å². The maximum Gasteiger partial charge on any atom is 0.469 e. The molecule has 0 fully saturated rings. The van der Waals surface area contributed by atoms with E-state index in [1.165, 1.54) is 56.7 Å². The van der Waals surface area contributed by atoms with Crippen molar-refractivity contribution in [3.63, 3.8) is 0 Å². The topological polar surface area (TPSA) is 36.9 Å². The summed E-state index contributed by atoms with van der Waals surface area (Å²) in [5.74, 6) is 0. The SMILES string of the molecule is CCCC[Si](C)(C)O[Si](CCCOCC)(O[Si](C)(C)CCCC)O[Si](C)(C)CCCC. The molecule has 0 aliphatic carbocycles. The Morgan fingerprint density at radius 3 is 1.13 bits per heavy atom. The van der Waals surface area contributed by atoms with Crippen LogP contribution in [0, 0.1) is 0 Å². The number of ether oxygens (including phenoxy) is 1. The Morgan fingerprint density at radius 1 is 0.484 bits per heavy atom. The van der Waals surface area contributed by atoms with Crippen molar-refractivity contribution >= 4 is 33.8 Å². The van der Waals surface area contributed by atoms with Crippen LogP contribution in [0.4, 0.5) is 0 Å². The molecule has 0 aromatic heterocycles. The number of hydrogen-bond acceptors (Lipinski definition) is 4. The molecule has 0 rings (SSSR count). The third-order valence-electron chi connectivity index (χ3n) is 5.67. The van der Waals surface area contributed by atoms with Gasteiger partial charge in [-0.25, -0.2) is 0 Å². The largest absolute Gasteiger partial charge is 0.469 e. The summed E-state index contributed by atoms with van der Waals surface area (Å²) < 4.78 is 27.3. The van der Waals surface area contributed by atoms with Gasteiger partial charge in [-0.15, -0.1) is 0 Å². The second kappa shape index (κ2) is 15.6. The third-order valence-corrected chi connectivity index (χ3v) is 21.7. The molecule has 0 atom stereocenters. The van der Waals surface area contributed by atoms with Crippen molar-refractivity contribution < 1.29 is 17.1 Å². The quantitative estimate of drug-likeness (QED) is 0.122. The summed E-state index contributed by atoms with van der Waals surface area (Å²) in [7, 11) is -8.42. The lowest BCUT2D eigenvalue weighted by Crippen LogP contribution is -2.62. The molecule has 0 aromatic rings. The van der Waals surface area contributed by atoms with Crippen molar-refractivity contribution in [2.45, 2.75) is 136 Å². The van der Waals surface area contributed by atoms with Gasteiger partial charge in [0.25, 0.3) is 0 Å². The summed E-state index contributed by atoms with van der Waals surface area (Å²) >= 11 is 0. The molecule has 31 heavy (non-hydrogen) atoms. The van der Waals surface area contributed by atoms with Crippen molar-refractivity contribution in [2.75, 3.05) is 13.2 Å². The predicted octanol–water partition coefficient (Wildman–Crippen LogP) is 8.42. The molecule has 0 N–H and O–H groups in total. The molecule has 0 aliphatic heterocycles. The van der Waals surface area contributed by atoms with E-state index in [1.807, 2.05) is 0 Å². The first-order valence-electron chi connectivity index (χ1n) is 13.0. The Balaban J connectivity index is 5.92. The van der Waals surface area contributed by atoms with E-state index in [0.29, 0.717) is 0 Å². The molecule has 0 spiro atoms. The van der Waals surface area contributed by atoms with Gasteiger partial charge in [0.05, 0.1) is 0 Å². The van der Waals surface area contributed by atoms with E-state index in [-0.39, 0.29) is 0 Å². The fourth-order valence-corrected chi connectivity index (χ4v) is 22.3. The summed E-state index contributed by atoms with van der Waals surface area (Å²) in [5, 5.41) is 0. The molecule has 8 heteroatoms. The van der Waals surface area contributed by atoms with Gasteiger partial charge in [0.2, 0.25) is 0 Å². The van der Waals surface area contributed by atoms with Crippen LogP contribution in [0.3, 0.4) is 0 Å². The van der Waals surface area contributed by atoms with E-state index in [0.717, 1.165) is 25.7 Å².